The molecule has 1 saturated carbocycles. The minimum absolute atomic E-state index is 0.106. The minimum atomic E-state index is -0.145. The van der Waals surface area contributed by atoms with Crippen LogP contribution >= 0.6 is 0 Å². The zero-order chi connectivity index (χ0) is 13.7. The molecule has 1 fully saturated rings. The number of nitrogens with one attached hydrogen (secondary N) is 1. The molecule has 0 unspecified atom stereocenters. The van der Waals surface area contributed by atoms with Crippen LogP contribution in [0.5, 0.6) is 0 Å². The first-order chi connectivity index (χ1) is 9.13. The molecule has 1 aromatic heterocycles. The third kappa shape index (κ3) is 3.70. The highest BCUT2D eigenvalue weighted by Crippen LogP contribution is 2.36. The van der Waals surface area contributed by atoms with Gasteiger partial charge in [0, 0.05) is 18.0 Å². The van der Waals surface area contributed by atoms with E-state index in [1.54, 1.807) is 6.08 Å². The average Bonchev–Trinajstić information content (AvgIpc) is 3.04. The van der Waals surface area contributed by atoms with Gasteiger partial charge in [-0.3, -0.25) is 4.79 Å². The van der Waals surface area contributed by atoms with Crippen LogP contribution in [-0.2, 0) is 4.79 Å². The van der Waals surface area contributed by atoms with Crippen molar-refractivity contribution >= 4 is 12.0 Å². The lowest BCUT2D eigenvalue weighted by molar-refractivity contribution is -0.117. The maximum absolute atomic E-state index is 11.7. The molecule has 1 aromatic rings. The van der Waals surface area contributed by atoms with Crippen molar-refractivity contribution in [3.63, 3.8) is 0 Å². The summed E-state index contributed by atoms with van der Waals surface area (Å²) in [6.07, 6.45) is 7.38. The van der Waals surface area contributed by atoms with Crippen molar-refractivity contribution in [2.75, 3.05) is 13.2 Å². The maximum atomic E-state index is 11.7. The number of rotatable bonds is 5. The highest BCUT2D eigenvalue weighted by Gasteiger charge is 2.33. The molecule has 1 amide bonds. The van der Waals surface area contributed by atoms with Gasteiger partial charge < -0.3 is 14.8 Å². The van der Waals surface area contributed by atoms with E-state index in [2.05, 4.69) is 5.32 Å². The molecule has 4 nitrogen and oxygen atoms in total. The maximum Gasteiger partial charge on any atom is 0.244 e. The summed E-state index contributed by atoms with van der Waals surface area (Å²) in [6.45, 7) is 2.56. The monoisotopic (exact) mass is 263 g/mol. The molecule has 2 rings (SSSR count). The van der Waals surface area contributed by atoms with Crippen molar-refractivity contribution in [3.8, 4) is 0 Å². The van der Waals surface area contributed by atoms with E-state index in [0.717, 1.165) is 31.4 Å². The van der Waals surface area contributed by atoms with Crippen molar-refractivity contribution in [1.82, 2.24) is 5.32 Å². The van der Waals surface area contributed by atoms with Gasteiger partial charge >= 0.3 is 0 Å². The number of furan rings is 1. The first-order valence-corrected chi connectivity index (χ1v) is 6.77. The Bertz CT molecular complexity index is 456. The van der Waals surface area contributed by atoms with E-state index in [1.807, 2.05) is 19.1 Å². The van der Waals surface area contributed by atoms with Gasteiger partial charge in [-0.05, 0) is 38.0 Å². The van der Waals surface area contributed by atoms with Crippen LogP contribution in [0.15, 0.2) is 22.6 Å². The predicted molar refractivity (Wildman–Crippen MR) is 73.5 cm³/mol. The Morgan fingerprint density at radius 1 is 1.47 bits per heavy atom. The molecule has 4 heteroatoms. The summed E-state index contributed by atoms with van der Waals surface area (Å²) in [5.41, 5.74) is -0.106. The van der Waals surface area contributed by atoms with Gasteiger partial charge in [0.25, 0.3) is 0 Å². The molecule has 0 saturated heterocycles. The first-order valence-electron chi connectivity index (χ1n) is 6.77. The van der Waals surface area contributed by atoms with Crippen LogP contribution in [0.1, 0.15) is 37.2 Å². The van der Waals surface area contributed by atoms with Crippen molar-refractivity contribution < 1.29 is 14.3 Å². The molecule has 1 aliphatic carbocycles. The fraction of sp³-hybridized carbons (Fsp3) is 0.533. The van der Waals surface area contributed by atoms with Gasteiger partial charge in [-0.15, -0.1) is 0 Å². The molecular formula is C15H21NO3. The lowest BCUT2D eigenvalue weighted by Crippen LogP contribution is -2.37. The highest BCUT2D eigenvalue weighted by atomic mass is 16.3. The van der Waals surface area contributed by atoms with Gasteiger partial charge in [-0.1, -0.05) is 12.8 Å². The Morgan fingerprint density at radius 2 is 2.21 bits per heavy atom. The topological polar surface area (TPSA) is 62.5 Å². The van der Waals surface area contributed by atoms with Crippen LogP contribution in [-0.4, -0.2) is 24.2 Å². The van der Waals surface area contributed by atoms with Gasteiger partial charge in [0.1, 0.15) is 11.5 Å². The van der Waals surface area contributed by atoms with E-state index < -0.39 is 0 Å². The molecule has 19 heavy (non-hydrogen) atoms. The summed E-state index contributed by atoms with van der Waals surface area (Å²) >= 11 is 0. The molecule has 1 aliphatic rings. The van der Waals surface area contributed by atoms with Crippen molar-refractivity contribution in [2.24, 2.45) is 5.41 Å². The van der Waals surface area contributed by atoms with Crippen LogP contribution < -0.4 is 5.32 Å². The van der Waals surface area contributed by atoms with E-state index in [-0.39, 0.29) is 17.9 Å². The average molecular weight is 263 g/mol. The van der Waals surface area contributed by atoms with Gasteiger partial charge in [-0.2, -0.15) is 0 Å². The fourth-order valence-corrected chi connectivity index (χ4v) is 2.55. The molecule has 0 aliphatic heterocycles. The summed E-state index contributed by atoms with van der Waals surface area (Å²) in [4.78, 5) is 11.7. The Kier molecular flexibility index (Phi) is 4.43. The quantitative estimate of drug-likeness (QED) is 0.801. The summed E-state index contributed by atoms with van der Waals surface area (Å²) in [5, 5.41) is 12.3. The number of aryl methyl sites for hydroxylation is 1. The lowest BCUT2D eigenvalue weighted by atomic mass is 9.87. The predicted octanol–water partition coefficient (Wildman–Crippen LogP) is 2.27. The molecule has 2 N–H and O–H groups in total. The molecular weight excluding hydrogens is 242 g/mol. The van der Waals surface area contributed by atoms with Gasteiger partial charge in [-0.25, -0.2) is 0 Å². The second-order valence-corrected chi connectivity index (χ2v) is 5.36. The molecule has 0 aromatic carbocycles. The second-order valence-electron chi connectivity index (χ2n) is 5.36. The normalized spacial score (nSPS) is 18.0. The Labute approximate surface area is 113 Å². The Morgan fingerprint density at radius 3 is 2.79 bits per heavy atom. The number of aliphatic hydroxyl groups excluding tert-OH is 1. The Hall–Kier alpha value is -1.55. The van der Waals surface area contributed by atoms with Crippen LogP contribution in [0.2, 0.25) is 0 Å². The van der Waals surface area contributed by atoms with Crippen LogP contribution in [0, 0.1) is 12.3 Å². The Balaban J connectivity index is 1.83. The summed E-state index contributed by atoms with van der Waals surface area (Å²) in [5.74, 6) is 1.35. The summed E-state index contributed by atoms with van der Waals surface area (Å²) in [7, 11) is 0. The third-order valence-corrected chi connectivity index (χ3v) is 3.80. The van der Waals surface area contributed by atoms with E-state index in [4.69, 9.17) is 4.42 Å². The zero-order valence-corrected chi connectivity index (χ0v) is 11.3. The molecule has 1 heterocycles. The summed E-state index contributed by atoms with van der Waals surface area (Å²) < 4.78 is 5.35. The van der Waals surface area contributed by atoms with Gasteiger partial charge in [0.15, 0.2) is 0 Å². The van der Waals surface area contributed by atoms with E-state index in [0.29, 0.717) is 12.3 Å². The fourth-order valence-electron chi connectivity index (χ4n) is 2.55. The molecule has 104 valence electrons. The van der Waals surface area contributed by atoms with Gasteiger partial charge in [0.2, 0.25) is 5.91 Å². The number of carbonyl (C=O) groups excluding carboxylic acids is 1. The smallest absolute Gasteiger partial charge is 0.244 e. The minimum Gasteiger partial charge on any atom is -0.462 e. The third-order valence-electron chi connectivity index (χ3n) is 3.80. The lowest BCUT2D eigenvalue weighted by Gasteiger charge is -2.26. The number of aliphatic hydroxyl groups is 1. The zero-order valence-electron chi connectivity index (χ0n) is 11.3. The van der Waals surface area contributed by atoms with E-state index in [9.17, 15) is 9.90 Å². The highest BCUT2D eigenvalue weighted by molar-refractivity contribution is 5.91. The van der Waals surface area contributed by atoms with Crippen LogP contribution in [0.3, 0.4) is 0 Å². The van der Waals surface area contributed by atoms with Crippen molar-refractivity contribution in [2.45, 2.75) is 32.6 Å². The van der Waals surface area contributed by atoms with Gasteiger partial charge in [0.05, 0.1) is 6.61 Å². The van der Waals surface area contributed by atoms with E-state index >= 15 is 0 Å². The SMILES string of the molecule is Cc1ccc(/C=C/C(=O)NCC2(CO)CCCC2)o1. The van der Waals surface area contributed by atoms with Crippen LogP contribution in [0.4, 0.5) is 0 Å². The number of carbonyl (C=O) groups is 1. The number of hydrogen-bond donors (Lipinski definition) is 2. The number of amides is 1. The molecule has 0 spiro atoms. The van der Waals surface area contributed by atoms with E-state index in [1.165, 1.54) is 6.08 Å². The standard InChI is InChI=1S/C15H21NO3/c1-12-4-5-13(19-12)6-7-14(18)16-10-15(11-17)8-2-3-9-15/h4-7,17H,2-3,8-11H2,1H3,(H,16,18)/b7-6+. The largest absolute Gasteiger partial charge is 0.462 e. The van der Waals surface area contributed by atoms with Crippen LogP contribution in [0.25, 0.3) is 6.08 Å². The van der Waals surface area contributed by atoms with Crippen molar-refractivity contribution in [1.29, 1.82) is 0 Å². The summed E-state index contributed by atoms with van der Waals surface area (Å²) in [6, 6.07) is 3.68. The molecule has 0 bridgehead atoms. The van der Waals surface area contributed by atoms with Crippen molar-refractivity contribution in [3.05, 3.63) is 29.7 Å². The molecule has 0 radical (unpaired) electrons. The second kappa shape index (κ2) is 6.06. The first kappa shape index (κ1) is 13.9. The molecule has 0 atom stereocenters. The number of hydrogen-bond acceptors (Lipinski definition) is 3.